The van der Waals surface area contributed by atoms with Crippen molar-refractivity contribution in [2.75, 3.05) is 90.1 Å². The molecule has 0 radical (unpaired) electrons. The van der Waals surface area contributed by atoms with Crippen LogP contribution < -0.4 is 19.7 Å². The lowest BCUT2D eigenvalue weighted by atomic mass is 9.95. The number of phenols is 2. The highest BCUT2D eigenvalue weighted by Crippen LogP contribution is 2.43. The number of pyridine rings is 2. The second-order valence-corrected chi connectivity index (χ2v) is 23.3. The number of nitrogens with one attached hydrogen (secondary N) is 1. The summed E-state index contributed by atoms with van der Waals surface area (Å²) in [6.45, 7) is 12.0. The van der Waals surface area contributed by atoms with E-state index in [4.69, 9.17) is 28.9 Å². The van der Waals surface area contributed by atoms with Crippen LogP contribution in [-0.2, 0) is 9.47 Å². The highest BCUT2D eigenvalue weighted by Gasteiger charge is 2.46. The van der Waals surface area contributed by atoms with E-state index in [0.717, 1.165) is 106 Å². The van der Waals surface area contributed by atoms with Gasteiger partial charge >= 0.3 is 12.0 Å². The molecular weight excluding hydrogens is 1020 g/mol. The molecule has 1 atom stereocenters. The third-order valence-electron chi connectivity index (χ3n) is 17.4. The number of ether oxygens (including phenoxy) is 4. The molecule has 5 saturated heterocycles. The molecule has 80 heavy (non-hydrogen) atoms. The van der Waals surface area contributed by atoms with E-state index in [-0.39, 0.29) is 68.5 Å². The topological polar surface area (TPSA) is 176 Å². The first-order chi connectivity index (χ1) is 38.8. The Kier molecular flexibility index (Phi) is 14.8. The average Bonchev–Trinajstić information content (AvgIpc) is 4.38. The number of hydrogen-bond donors (Lipinski definition) is 3. The van der Waals surface area contributed by atoms with E-state index in [9.17, 15) is 10.2 Å². The summed E-state index contributed by atoms with van der Waals surface area (Å²) >= 11 is 0. The summed E-state index contributed by atoms with van der Waals surface area (Å²) in [5.74, 6) is 0.0483. The number of methoxy groups -OCH3 is 2. The fourth-order valence-electron chi connectivity index (χ4n) is 13.3. The van der Waals surface area contributed by atoms with Crippen molar-refractivity contribution >= 4 is 55.0 Å². The van der Waals surface area contributed by atoms with Crippen molar-refractivity contribution in [3.8, 4) is 46.0 Å². The third kappa shape index (κ3) is 10.3. The van der Waals surface area contributed by atoms with Crippen LogP contribution in [0.1, 0.15) is 78.1 Å². The Balaban J connectivity index is 0.000000159. The van der Waals surface area contributed by atoms with Crippen LogP contribution in [0.3, 0.4) is 0 Å². The first-order valence-electron chi connectivity index (χ1n) is 28.3. The molecule has 0 bridgehead atoms. The summed E-state index contributed by atoms with van der Waals surface area (Å²) in [5, 5.41) is 28.4. The predicted octanol–water partition coefficient (Wildman–Crippen LogP) is 11.1. The maximum absolute atomic E-state index is 16.5. The number of phenolic OH excluding ortho intramolecular Hbond substituents is 2. The Bertz CT molecular complexity index is 3590. The number of piperidine rings is 1. The van der Waals surface area contributed by atoms with Crippen molar-refractivity contribution in [2.24, 2.45) is 5.41 Å². The first-order valence-corrected chi connectivity index (χ1v) is 28.3. The van der Waals surface area contributed by atoms with Crippen LogP contribution in [0.4, 0.5) is 20.4 Å². The van der Waals surface area contributed by atoms with Gasteiger partial charge in [-0.25, -0.2) is 8.78 Å². The standard InChI is InChI=1S/C31H34FN5O3.C31H36FN5O3/c1-39-22-8-4-12-36(18-22)29-25-17-33-27(24-16-21(38)15-20-7-2-3-9-23(20)24)26(32)28(25)34-30(35-29)40-19-31-10-5-13-37(31)14-6-11-31;1-30(2,18-39-3)17-34-28-24-16-33-26(23-15-21(38)14-20-8-4-5-9-22(20)23)25(32)27(24)35-29(36-28)40-19-31-10-6-12-37(31)13-7-11-31/h2-3,7,9,15-17,22,38H,4-6,8,10-14,18-19H2,1H3;4-5,8-9,14-16,38H,6-7,10-13,17-19H2,1-3H3,(H,34,35,36). The number of rotatable bonds is 15. The summed E-state index contributed by atoms with van der Waals surface area (Å²) in [6, 6.07) is 21.9. The maximum Gasteiger partial charge on any atom is 0.319 e. The van der Waals surface area contributed by atoms with Gasteiger partial charge in [-0.1, -0.05) is 62.4 Å². The third-order valence-corrected chi connectivity index (χ3v) is 17.4. The van der Waals surface area contributed by atoms with Crippen LogP contribution in [0.25, 0.3) is 65.9 Å². The lowest BCUT2D eigenvalue weighted by Crippen LogP contribution is -2.43. The number of fused-ring (bicyclic) bond motifs is 6. The first kappa shape index (κ1) is 53.5. The zero-order chi connectivity index (χ0) is 55.2. The van der Waals surface area contributed by atoms with Crippen molar-refractivity contribution in [3.05, 3.63) is 96.8 Å². The van der Waals surface area contributed by atoms with Gasteiger partial charge < -0.3 is 39.4 Å². The predicted molar refractivity (Wildman–Crippen MR) is 307 cm³/mol. The Labute approximate surface area is 464 Å². The Hall–Kier alpha value is -7.12. The van der Waals surface area contributed by atoms with Crippen LogP contribution in [-0.4, -0.2) is 147 Å². The van der Waals surface area contributed by atoms with Crippen LogP contribution in [0.5, 0.6) is 23.5 Å². The van der Waals surface area contributed by atoms with Gasteiger partial charge in [0.15, 0.2) is 11.6 Å². The van der Waals surface area contributed by atoms with Crippen molar-refractivity contribution in [2.45, 2.75) is 95.2 Å². The molecule has 4 aromatic carbocycles. The number of hydrogen-bond acceptors (Lipinski definition) is 16. The van der Waals surface area contributed by atoms with Gasteiger partial charge in [0.25, 0.3) is 0 Å². The molecule has 5 aliphatic heterocycles. The van der Waals surface area contributed by atoms with E-state index in [1.165, 1.54) is 12.8 Å². The van der Waals surface area contributed by atoms with Crippen LogP contribution in [0.2, 0.25) is 0 Å². The SMILES string of the molecule is COC1CCCN(c2nc(OCC34CCCN3CCC4)nc3c(F)c(-c4cc(O)cc5ccccc45)ncc23)C1.COCC(C)(C)CNc1nc(OCC23CCCN2CCC3)nc2c(F)c(-c3cc(O)cc4ccccc34)ncc12. The van der Waals surface area contributed by atoms with Gasteiger partial charge in [-0.3, -0.25) is 19.8 Å². The van der Waals surface area contributed by atoms with Crippen molar-refractivity contribution < 1.29 is 37.9 Å². The largest absolute Gasteiger partial charge is 0.508 e. The minimum atomic E-state index is -0.582. The van der Waals surface area contributed by atoms with Gasteiger partial charge in [-0.15, -0.1) is 0 Å². The number of anilines is 2. The highest BCUT2D eigenvalue weighted by atomic mass is 19.1. The quantitative estimate of drug-likeness (QED) is 0.0883. The molecule has 16 nitrogen and oxygen atoms in total. The summed E-state index contributed by atoms with van der Waals surface area (Å²) in [6.07, 6.45) is 14.3. The van der Waals surface area contributed by atoms with Gasteiger partial charge in [0, 0.05) is 62.8 Å². The summed E-state index contributed by atoms with van der Waals surface area (Å²) in [5.41, 5.74) is 1.41. The zero-order valence-electron chi connectivity index (χ0n) is 46.1. The number of aromatic hydroxyl groups is 2. The van der Waals surface area contributed by atoms with Gasteiger partial charge in [-0.05, 0) is 136 Å². The Morgan fingerprint density at radius 2 is 1.15 bits per heavy atom. The van der Waals surface area contributed by atoms with Gasteiger partial charge in [0.2, 0.25) is 0 Å². The molecule has 4 aromatic heterocycles. The second-order valence-electron chi connectivity index (χ2n) is 23.3. The molecule has 9 heterocycles. The molecule has 13 rings (SSSR count). The normalized spacial score (nSPS) is 18.9. The number of halogens is 2. The zero-order valence-corrected chi connectivity index (χ0v) is 46.1. The molecule has 0 aliphatic carbocycles. The average molecular weight is 1090 g/mol. The molecule has 18 heteroatoms. The summed E-state index contributed by atoms with van der Waals surface area (Å²) in [4.78, 5) is 35.0. The molecule has 418 valence electrons. The molecular formula is C62H70F2N10O6. The molecule has 5 fully saturated rings. The fourth-order valence-corrected chi connectivity index (χ4v) is 13.3. The lowest BCUT2D eigenvalue weighted by molar-refractivity contribution is 0.0890. The second kappa shape index (κ2) is 22.1. The molecule has 0 saturated carbocycles. The maximum atomic E-state index is 16.5. The van der Waals surface area contributed by atoms with Crippen LogP contribution in [0, 0.1) is 17.0 Å². The van der Waals surface area contributed by atoms with Crippen LogP contribution >= 0.6 is 0 Å². The smallest absolute Gasteiger partial charge is 0.319 e. The number of aromatic nitrogens is 6. The van der Waals surface area contributed by atoms with E-state index in [1.54, 1.807) is 50.9 Å². The number of nitrogens with zero attached hydrogens (tertiary/aromatic N) is 9. The van der Waals surface area contributed by atoms with Crippen molar-refractivity contribution in [3.63, 3.8) is 0 Å². The molecule has 8 aromatic rings. The van der Waals surface area contributed by atoms with Crippen molar-refractivity contribution in [1.29, 1.82) is 0 Å². The fraction of sp³-hybridized carbons (Fsp3) is 0.452. The minimum Gasteiger partial charge on any atom is -0.508 e. The van der Waals surface area contributed by atoms with E-state index in [2.05, 4.69) is 53.8 Å². The summed E-state index contributed by atoms with van der Waals surface area (Å²) < 4.78 is 56.5. The Morgan fingerprint density at radius 3 is 1.69 bits per heavy atom. The van der Waals surface area contributed by atoms with Crippen molar-refractivity contribution in [1.82, 2.24) is 39.7 Å². The molecule has 3 N–H and O–H groups in total. The highest BCUT2D eigenvalue weighted by molar-refractivity contribution is 6.01. The minimum absolute atomic E-state index is 0.00872. The van der Waals surface area contributed by atoms with Crippen LogP contribution in [0.15, 0.2) is 85.2 Å². The van der Waals surface area contributed by atoms with E-state index >= 15 is 8.78 Å². The van der Waals surface area contributed by atoms with Gasteiger partial charge in [0.05, 0.1) is 34.6 Å². The van der Waals surface area contributed by atoms with E-state index in [1.807, 2.05) is 48.5 Å². The molecule has 5 aliphatic rings. The van der Waals surface area contributed by atoms with E-state index < -0.39 is 11.6 Å². The molecule has 1 unspecified atom stereocenters. The van der Waals surface area contributed by atoms with Gasteiger partial charge in [-0.2, -0.15) is 19.9 Å². The number of benzene rings is 4. The Morgan fingerprint density at radius 1 is 0.637 bits per heavy atom. The lowest BCUT2D eigenvalue weighted by Gasteiger charge is -2.34. The summed E-state index contributed by atoms with van der Waals surface area (Å²) in [7, 11) is 3.40. The molecule has 0 spiro atoms. The van der Waals surface area contributed by atoms with E-state index in [0.29, 0.717) is 66.4 Å². The monoisotopic (exact) mass is 1090 g/mol. The molecule has 0 amide bonds. The van der Waals surface area contributed by atoms with Gasteiger partial charge in [0.1, 0.15) is 58.8 Å².